The van der Waals surface area contributed by atoms with Crippen LogP contribution in [0.15, 0.2) is 33.2 Å². The Hall–Kier alpha value is -2.60. The molecule has 0 bridgehead atoms. The maximum absolute atomic E-state index is 12.9. The lowest BCUT2D eigenvalue weighted by atomic mass is 10.2. The molecule has 0 fully saturated rings. The van der Waals surface area contributed by atoms with Crippen molar-refractivity contribution in [1.82, 2.24) is 0 Å². The molecule has 0 radical (unpaired) electrons. The van der Waals surface area contributed by atoms with E-state index in [-0.39, 0.29) is 15.7 Å². The maximum atomic E-state index is 12.9. The fourth-order valence-electron chi connectivity index (χ4n) is 1.68. The van der Waals surface area contributed by atoms with Crippen molar-refractivity contribution in [2.45, 2.75) is 0 Å². The van der Waals surface area contributed by atoms with Gasteiger partial charge in [-0.1, -0.05) is 0 Å². The third-order valence-electron chi connectivity index (χ3n) is 2.82. The van der Waals surface area contributed by atoms with Crippen LogP contribution in [0.5, 0.6) is 0 Å². The first-order valence-electron chi connectivity index (χ1n) is 6.31. The van der Waals surface area contributed by atoms with Crippen LogP contribution in [-0.4, -0.2) is 27.1 Å². The average molecular weight is 498 g/mol. The summed E-state index contributed by atoms with van der Waals surface area (Å²) in [7, 11) is 0. The molecule has 2 aromatic carbocycles. The number of halogens is 4. The number of nitrogen functional groups attached to an aromatic ring is 1. The average Bonchev–Trinajstić information content (AvgIpc) is 2.53. The number of carbonyl (C=O) groups is 2. The van der Waals surface area contributed by atoms with Crippen LogP contribution in [0.2, 0.25) is 0 Å². The van der Waals surface area contributed by atoms with Gasteiger partial charge in [-0.25, -0.2) is 18.4 Å². The van der Waals surface area contributed by atoms with Gasteiger partial charge in [0.25, 0.3) is 5.69 Å². The number of aromatic carboxylic acids is 2. The third-order valence-corrected chi connectivity index (χ3v) is 4.37. The molecular formula is C14H8Br2F2N2O6. The first kappa shape index (κ1) is 21.4. The lowest BCUT2D eigenvalue weighted by Crippen LogP contribution is -2.04. The molecule has 2 aromatic rings. The van der Waals surface area contributed by atoms with Gasteiger partial charge in [-0.15, -0.1) is 0 Å². The van der Waals surface area contributed by atoms with Crippen LogP contribution in [-0.2, 0) is 0 Å². The van der Waals surface area contributed by atoms with E-state index in [0.29, 0.717) is 0 Å². The highest BCUT2D eigenvalue weighted by Gasteiger charge is 2.25. The quantitative estimate of drug-likeness (QED) is 0.329. The van der Waals surface area contributed by atoms with Crippen LogP contribution in [0.25, 0.3) is 0 Å². The first-order chi connectivity index (χ1) is 12.0. The minimum absolute atomic E-state index is 0.0378. The van der Waals surface area contributed by atoms with Crippen molar-refractivity contribution in [3.63, 3.8) is 0 Å². The number of nitrogens with zero attached hydrogens (tertiary/aromatic N) is 1. The Kier molecular flexibility index (Phi) is 7.15. The van der Waals surface area contributed by atoms with E-state index in [4.69, 9.17) is 15.9 Å². The zero-order chi connectivity index (χ0) is 20.2. The number of hydrogen-bond donors (Lipinski definition) is 3. The standard InChI is InChI=1S/C7H3BrFNO4.C7H5BrFNO2/c8-6-3(9)1-2-4(10(13)14)5(6)7(11)12;8-6-3(9)1-2-4(10)5(6)7(11)12/h1-2H,(H,11,12);1-2H,10H2,(H,11,12). The molecule has 138 valence electrons. The molecule has 0 aromatic heterocycles. The van der Waals surface area contributed by atoms with Crippen LogP contribution in [0.1, 0.15) is 20.7 Å². The van der Waals surface area contributed by atoms with Crippen LogP contribution in [0.3, 0.4) is 0 Å². The lowest BCUT2D eigenvalue weighted by molar-refractivity contribution is -0.385. The molecule has 2 rings (SSSR count). The zero-order valence-electron chi connectivity index (χ0n) is 12.4. The van der Waals surface area contributed by atoms with Gasteiger partial charge in [0.1, 0.15) is 11.6 Å². The number of rotatable bonds is 3. The molecule has 12 heteroatoms. The minimum Gasteiger partial charge on any atom is -0.478 e. The molecule has 0 saturated heterocycles. The van der Waals surface area contributed by atoms with Crippen LogP contribution >= 0.6 is 31.9 Å². The maximum Gasteiger partial charge on any atom is 0.344 e. The molecule has 0 saturated carbocycles. The summed E-state index contributed by atoms with van der Waals surface area (Å²) in [6.45, 7) is 0. The predicted octanol–water partition coefficient (Wildman–Crippen LogP) is 4.06. The Morgan fingerprint density at radius 3 is 1.77 bits per heavy atom. The Labute approximate surface area is 160 Å². The van der Waals surface area contributed by atoms with Gasteiger partial charge in [0.05, 0.1) is 19.4 Å². The molecule has 26 heavy (non-hydrogen) atoms. The van der Waals surface area contributed by atoms with E-state index in [9.17, 15) is 28.5 Å². The number of carboxylic acids is 2. The first-order valence-corrected chi connectivity index (χ1v) is 7.90. The molecule has 0 unspecified atom stereocenters. The van der Waals surface area contributed by atoms with Crippen LogP contribution < -0.4 is 5.73 Å². The molecule has 0 aliphatic rings. The normalized spacial score (nSPS) is 9.85. The van der Waals surface area contributed by atoms with E-state index in [1.54, 1.807) is 0 Å². The van der Waals surface area contributed by atoms with Crippen LogP contribution in [0.4, 0.5) is 20.2 Å². The number of anilines is 1. The Morgan fingerprint density at radius 1 is 0.962 bits per heavy atom. The second-order valence-electron chi connectivity index (χ2n) is 4.45. The lowest BCUT2D eigenvalue weighted by Gasteiger charge is -2.03. The van der Waals surface area contributed by atoms with Crippen molar-refractivity contribution in [3.05, 3.63) is 66.1 Å². The smallest absolute Gasteiger partial charge is 0.344 e. The summed E-state index contributed by atoms with van der Waals surface area (Å²) < 4.78 is 25.1. The molecule has 0 aliphatic heterocycles. The van der Waals surface area contributed by atoms with Crippen molar-refractivity contribution in [2.24, 2.45) is 0 Å². The molecule has 0 aliphatic carbocycles. The number of carboxylic acid groups (broad SMARTS) is 2. The van der Waals surface area contributed by atoms with E-state index >= 15 is 0 Å². The largest absolute Gasteiger partial charge is 0.478 e. The van der Waals surface area contributed by atoms with E-state index in [1.165, 1.54) is 6.07 Å². The molecule has 0 amide bonds. The summed E-state index contributed by atoms with van der Waals surface area (Å²) in [5.74, 6) is -4.29. The van der Waals surface area contributed by atoms with Crippen LogP contribution in [0, 0.1) is 21.7 Å². The fourth-order valence-corrected chi connectivity index (χ4v) is 2.71. The van der Waals surface area contributed by atoms with Gasteiger partial charge in [0.2, 0.25) is 0 Å². The van der Waals surface area contributed by atoms with Gasteiger partial charge in [-0.05, 0) is 50.1 Å². The van der Waals surface area contributed by atoms with Crippen molar-refractivity contribution in [1.29, 1.82) is 0 Å². The van der Waals surface area contributed by atoms with Gasteiger partial charge in [-0.2, -0.15) is 0 Å². The van der Waals surface area contributed by atoms with Gasteiger partial charge < -0.3 is 15.9 Å². The van der Waals surface area contributed by atoms with Crippen molar-refractivity contribution < 1.29 is 33.5 Å². The monoisotopic (exact) mass is 496 g/mol. The summed E-state index contributed by atoms with van der Waals surface area (Å²) in [4.78, 5) is 30.6. The summed E-state index contributed by atoms with van der Waals surface area (Å²) in [6, 6.07) is 3.95. The summed E-state index contributed by atoms with van der Waals surface area (Å²) in [5, 5.41) is 27.6. The highest BCUT2D eigenvalue weighted by Crippen LogP contribution is 2.29. The van der Waals surface area contributed by atoms with E-state index in [1.807, 2.05) is 0 Å². The highest BCUT2D eigenvalue weighted by molar-refractivity contribution is 9.10. The summed E-state index contributed by atoms with van der Waals surface area (Å²) in [6.07, 6.45) is 0. The molecule has 0 heterocycles. The summed E-state index contributed by atoms with van der Waals surface area (Å²) in [5.41, 5.74) is 3.78. The second-order valence-corrected chi connectivity index (χ2v) is 6.03. The number of nitrogens with two attached hydrogens (primary N) is 1. The van der Waals surface area contributed by atoms with Gasteiger partial charge >= 0.3 is 11.9 Å². The SMILES string of the molecule is Nc1ccc(F)c(Br)c1C(=O)O.O=C(O)c1c([N+](=O)[O-])ccc(F)c1Br. The Balaban J connectivity index is 0.000000263. The number of nitro groups is 1. The Morgan fingerprint density at radius 2 is 1.38 bits per heavy atom. The number of benzene rings is 2. The number of hydrogen-bond acceptors (Lipinski definition) is 5. The van der Waals surface area contributed by atoms with Gasteiger partial charge in [0, 0.05) is 11.8 Å². The van der Waals surface area contributed by atoms with Crippen molar-refractivity contribution in [3.8, 4) is 0 Å². The molecule has 4 N–H and O–H groups in total. The third kappa shape index (κ3) is 4.73. The topological polar surface area (TPSA) is 144 Å². The second kappa shape index (κ2) is 8.67. The highest BCUT2D eigenvalue weighted by atomic mass is 79.9. The predicted molar refractivity (Wildman–Crippen MR) is 93.2 cm³/mol. The molecular weight excluding hydrogens is 490 g/mol. The van der Waals surface area contributed by atoms with E-state index in [2.05, 4.69) is 31.9 Å². The fraction of sp³-hybridized carbons (Fsp3) is 0. The minimum atomic E-state index is -1.55. The zero-order valence-corrected chi connectivity index (χ0v) is 15.5. The van der Waals surface area contributed by atoms with Crippen molar-refractivity contribution >= 4 is 55.2 Å². The molecule has 8 nitrogen and oxygen atoms in total. The summed E-state index contributed by atoms with van der Waals surface area (Å²) >= 11 is 5.44. The Bertz CT molecular complexity index is 907. The van der Waals surface area contributed by atoms with E-state index in [0.717, 1.165) is 18.2 Å². The van der Waals surface area contributed by atoms with Gasteiger partial charge in [0.15, 0.2) is 5.56 Å². The van der Waals surface area contributed by atoms with Gasteiger partial charge in [-0.3, -0.25) is 10.1 Å². The molecule has 0 spiro atoms. The molecule has 0 atom stereocenters. The van der Waals surface area contributed by atoms with E-state index < -0.39 is 44.2 Å². The van der Waals surface area contributed by atoms with Crippen molar-refractivity contribution in [2.75, 3.05) is 5.73 Å². The number of nitro benzene ring substituents is 1.